The van der Waals surface area contributed by atoms with Crippen LogP contribution in [0.3, 0.4) is 0 Å². The van der Waals surface area contributed by atoms with Crippen molar-refractivity contribution in [3.05, 3.63) is 29.3 Å². The largest absolute Gasteiger partial charge is 0.508 e. The molecule has 1 aliphatic rings. The Morgan fingerprint density at radius 2 is 2.00 bits per heavy atom. The molecule has 1 unspecified atom stereocenters. The van der Waals surface area contributed by atoms with Crippen molar-refractivity contribution in [2.24, 2.45) is 5.73 Å². The lowest BCUT2D eigenvalue weighted by atomic mass is 9.89. The van der Waals surface area contributed by atoms with E-state index in [9.17, 15) is 14.7 Å². The molecule has 1 heterocycles. The highest BCUT2D eigenvalue weighted by molar-refractivity contribution is 5.93. The molecular weight excluding hydrogens is 296 g/mol. The van der Waals surface area contributed by atoms with Crippen LogP contribution < -0.4 is 5.73 Å². The average molecular weight is 320 g/mol. The van der Waals surface area contributed by atoms with E-state index in [-0.39, 0.29) is 23.3 Å². The molecule has 6 nitrogen and oxygen atoms in total. The number of nitrogens with zero attached hydrogens (tertiary/aromatic N) is 1. The zero-order valence-electron chi connectivity index (χ0n) is 13.8. The number of carbonyl (C=O) groups excluding carboxylic acids is 2. The first-order valence-electron chi connectivity index (χ1n) is 7.77. The van der Waals surface area contributed by atoms with E-state index < -0.39 is 11.5 Å². The van der Waals surface area contributed by atoms with Crippen LogP contribution in [0, 0.1) is 0 Å². The monoisotopic (exact) mass is 320 g/mol. The van der Waals surface area contributed by atoms with Crippen LogP contribution in [0.2, 0.25) is 0 Å². The number of phenolic OH excluding ortho intramolecular Hbond substituents is 1. The Labute approximate surface area is 136 Å². The van der Waals surface area contributed by atoms with Crippen molar-refractivity contribution < 1.29 is 19.4 Å². The highest BCUT2D eigenvalue weighted by Gasteiger charge is 2.28. The summed E-state index contributed by atoms with van der Waals surface area (Å²) in [4.78, 5) is 25.2. The van der Waals surface area contributed by atoms with Crippen LogP contribution in [0.1, 0.15) is 55.5 Å². The lowest BCUT2D eigenvalue weighted by molar-refractivity contribution is 0.0198. The molecule has 0 radical (unpaired) electrons. The van der Waals surface area contributed by atoms with Crippen LogP contribution in [0.15, 0.2) is 18.2 Å². The minimum atomic E-state index is -0.582. The molecule has 2 amide bonds. The number of piperidine rings is 1. The average Bonchev–Trinajstić information content (AvgIpc) is 2.45. The predicted molar refractivity (Wildman–Crippen MR) is 86.4 cm³/mol. The van der Waals surface area contributed by atoms with Gasteiger partial charge in [0.1, 0.15) is 11.4 Å². The summed E-state index contributed by atoms with van der Waals surface area (Å²) < 4.78 is 5.41. The summed E-state index contributed by atoms with van der Waals surface area (Å²) >= 11 is 0. The second-order valence-corrected chi connectivity index (χ2v) is 6.94. The molecule has 0 aromatic heterocycles. The number of primary amides is 1. The maximum absolute atomic E-state index is 12.2. The maximum atomic E-state index is 12.2. The molecule has 1 saturated heterocycles. The molecule has 0 spiro atoms. The van der Waals surface area contributed by atoms with Crippen LogP contribution in [-0.2, 0) is 4.74 Å². The Morgan fingerprint density at radius 3 is 2.61 bits per heavy atom. The second-order valence-electron chi connectivity index (χ2n) is 6.94. The third-order valence-electron chi connectivity index (χ3n) is 3.77. The topological polar surface area (TPSA) is 92.9 Å². The molecule has 6 heteroatoms. The highest BCUT2D eigenvalue weighted by atomic mass is 16.6. The van der Waals surface area contributed by atoms with Gasteiger partial charge >= 0.3 is 6.09 Å². The Bertz CT molecular complexity index is 607. The summed E-state index contributed by atoms with van der Waals surface area (Å²) in [7, 11) is 0. The fourth-order valence-corrected chi connectivity index (χ4v) is 2.75. The smallest absolute Gasteiger partial charge is 0.410 e. The van der Waals surface area contributed by atoms with Gasteiger partial charge < -0.3 is 20.5 Å². The zero-order chi connectivity index (χ0) is 17.2. The highest BCUT2D eigenvalue weighted by Crippen LogP contribution is 2.30. The summed E-state index contributed by atoms with van der Waals surface area (Å²) in [5.74, 6) is -0.533. The molecule has 23 heavy (non-hydrogen) atoms. The standard InChI is InChI=1S/C17H24N2O4/c1-17(2,3)23-16(22)19-6-4-5-11(10-19)12-7-13(15(18)21)9-14(20)8-12/h7-9,11,20H,4-6,10H2,1-3H3,(H2,18,21). The first-order valence-corrected chi connectivity index (χ1v) is 7.77. The first kappa shape index (κ1) is 17.1. The van der Waals surface area contributed by atoms with Gasteiger partial charge in [-0.25, -0.2) is 4.79 Å². The number of carbonyl (C=O) groups is 2. The molecule has 0 bridgehead atoms. The zero-order valence-corrected chi connectivity index (χ0v) is 13.8. The van der Waals surface area contributed by atoms with Crippen molar-refractivity contribution in [3.63, 3.8) is 0 Å². The summed E-state index contributed by atoms with van der Waals surface area (Å²) in [5.41, 5.74) is 5.84. The van der Waals surface area contributed by atoms with Gasteiger partial charge in [-0.3, -0.25) is 4.79 Å². The molecule has 126 valence electrons. The number of amides is 2. The van der Waals surface area contributed by atoms with Gasteiger partial charge in [0.05, 0.1) is 0 Å². The number of hydrogen-bond acceptors (Lipinski definition) is 4. The Kier molecular flexibility index (Phi) is 4.82. The van der Waals surface area contributed by atoms with E-state index in [4.69, 9.17) is 10.5 Å². The summed E-state index contributed by atoms with van der Waals surface area (Å²) in [6.07, 6.45) is 1.38. The van der Waals surface area contributed by atoms with E-state index >= 15 is 0 Å². The minimum Gasteiger partial charge on any atom is -0.508 e. The lowest BCUT2D eigenvalue weighted by Crippen LogP contribution is -2.42. The summed E-state index contributed by atoms with van der Waals surface area (Å²) in [6.45, 7) is 6.64. The molecular formula is C17H24N2O4. The first-order chi connectivity index (χ1) is 10.7. The van der Waals surface area contributed by atoms with Gasteiger partial charge in [0.25, 0.3) is 0 Å². The molecule has 0 aliphatic carbocycles. The summed E-state index contributed by atoms with van der Waals surface area (Å²) in [5, 5.41) is 9.79. The van der Waals surface area contributed by atoms with Gasteiger partial charge in [-0.1, -0.05) is 0 Å². The van der Waals surface area contributed by atoms with Gasteiger partial charge in [0.2, 0.25) is 5.91 Å². The van der Waals surface area contributed by atoms with E-state index in [0.29, 0.717) is 13.1 Å². The molecule has 0 saturated carbocycles. The van der Waals surface area contributed by atoms with Gasteiger partial charge in [0, 0.05) is 24.6 Å². The maximum Gasteiger partial charge on any atom is 0.410 e. The van der Waals surface area contributed by atoms with Crippen LogP contribution in [-0.4, -0.2) is 40.7 Å². The van der Waals surface area contributed by atoms with Crippen LogP contribution >= 0.6 is 0 Å². The predicted octanol–water partition coefficient (Wildman–Crippen LogP) is 2.61. The van der Waals surface area contributed by atoms with Gasteiger partial charge in [-0.05, 0) is 57.4 Å². The number of rotatable bonds is 2. The van der Waals surface area contributed by atoms with Crippen LogP contribution in [0.4, 0.5) is 4.79 Å². The number of nitrogens with two attached hydrogens (primary N) is 1. The molecule has 1 aliphatic heterocycles. The number of aromatic hydroxyl groups is 1. The Balaban J connectivity index is 2.15. The normalized spacial score (nSPS) is 18.6. The molecule has 3 N–H and O–H groups in total. The fourth-order valence-electron chi connectivity index (χ4n) is 2.75. The minimum absolute atomic E-state index is 0.00527. The number of phenols is 1. The van der Waals surface area contributed by atoms with E-state index in [0.717, 1.165) is 18.4 Å². The third-order valence-corrected chi connectivity index (χ3v) is 3.77. The molecule has 1 aromatic carbocycles. The van der Waals surface area contributed by atoms with Crippen molar-refractivity contribution in [2.45, 2.75) is 45.1 Å². The van der Waals surface area contributed by atoms with Crippen molar-refractivity contribution >= 4 is 12.0 Å². The molecule has 1 fully saturated rings. The lowest BCUT2D eigenvalue weighted by Gasteiger charge is -2.34. The fraction of sp³-hybridized carbons (Fsp3) is 0.529. The third kappa shape index (κ3) is 4.61. The van der Waals surface area contributed by atoms with Crippen molar-refractivity contribution in [3.8, 4) is 5.75 Å². The second kappa shape index (κ2) is 6.48. The quantitative estimate of drug-likeness (QED) is 0.876. The molecule has 1 aromatic rings. The van der Waals surface area contributed by atoms with E-state index in [1.165, 1.54) is 6.07 Å². The van der Waals surface area contributed by atoms with Gasteiger partial charge in [-0.15, -0.1) is 0 Å². The van der Waals surface area contributed by atoms with Gasteiger partial charge in [0.15, 0.2) is 0 Å². The molecule has 1 atom stereocenters. The molecule has 2 rings (SSSR count). The number of ether oxygens (including phenoxy) is 1. The Morgan fingerprint density at radius 1 is 1.30 bits per heavy atom. The van der Waals surface area contributed by atoms with Gasteiger partial charge in [-0.2, -0.15) is 0 Å². The Hall–Kier alpha value is -2.24. The summed E-state index contributed by atoms with van der Waals surface area (Å²) in [6, 6.07) is 4.65. The van der Waals surface area contributed by atoms with Crippen molar-refractivity contribution in [1.82, 2.24) is 4.90 Å². The van der Waals surface area contributed by atoms with Crippen LogP contribution in [0.5, 0.6) is 5.75 Å². The van der Waals surface area contributed by atoms with Crippen molar-refractivity contribution in [1.29, 1.82) is 0 Å². The number of likely N-dealkylation sites (tertiary alicyclic amines) is 1. The van der Waals surface area contributed by atoms with E-state index in [1.807, 2.05) is 20.8 Å². The van der Waals surface area contributed by atoms with Crippen LogP contribution in [0.25, 0.3) is 0 Å². The number of benzene rings is 1. The van der Waals surface area contributed by atoms with E-state index in [1.54, 1.807) is 17.0 Å². The SMILES string of the molecule is CC(C)(C)OC(=O)N1CCCC(c2cc(O)cc(C(N)=O)c2)C1. The van der Waals surface area contributed by atoms with Crippen molar-refractivity contribution in [2.75, 3.05) is 13.1 Å². The van der Waals surface area contributed by atoms with E-state index in [2.05, 4.69) is 0 Å². The number of hydrogen-bond donors (Lipinski definition) is 2.